The summed E-state index contributed by atoms with van der Waals surface area (Å²) in [5.41, 5.74) is 2.48. The first-order chi connectivity index (χ1) is 11.8. The summed E-state index contributed by atoms with van der Waals surface area (Å²) in [5.74, 6) is 1.65. The zero-order valence-corrected chi connectivity index (χ0v) is 16.2. The smallest absolute Gasteiger partial charge is 0.175 e. The molecule has 1 saturated heterocycles. The minimum absolute atomic E-state index is 0. The SMILES string of the molecule is Brc1cc(CN2CCNCC2c2cccnc2)cc2c1OCCO2.Cl. The monoisotopic (exact) mass is 425 g/mol. The summed E-state index contributed by atoms with van der Waals surface area (Å²) in [4.78, 5) is 6.77. The number of fused-ring (bicyclic) bond motifs is 1. The lowest BCUT2D eigenvalue weighted by molar-refractivity contribution is 0.151. The number of ether oxygens (including phenoxy) is 2. The Kier molecular flexibility index (Phi) is 6.17. The summed E-state index contributed by atoms with van der Waals surface area (Å²) < 4.78 is 12.4. The Balaban J connectivity index is 0.00000182. The van der Waals surface area contributed by atoms with Gasteiger partial charge in [-0.3, -0.25) is 9.88 Å². The lowest BCUT2D eigenvalue weighted by atomic mass is 10.0. The molecule has 0 saturated carbocycles. The van der Waals surface area contributed by atoms with Crippen LogP contribution in [0, 0.1) is 0 Å². The van der Waals surface area contributed by atoms with Gasteiger partial charge < -0.3 is 14.8 Å². The molecule has 1 atom stereocenters. The van der Waals surface area contributed by atoms with Crippen molar-refractivity contribution in [3.05, 3.63) is 52.3 Å². The standard InChI is InChI=1S/C18H20BrN3O2.ClH/c19-15-8-13(9-17-18(15)24-7-6-23-17)12-22-5-4-21-11-16(22)14-2-1-3-20-10-14;/h1-3,8-10,16,21H,4-7,11-12H2;1H. The molecule has 1 unspecified atom stereocenters. The van der Waals surface area contributed by atoms with Gasteiger partial charge in [-0.15, -0.1) is 12.4 Å². The van der Waals surface area contributed by atoms with Crippen LogP contribution < -0.4 is 14.8 Å². The first kappa shape index (κ1) is 18.5. The predicted octanol–water partition coefficient (Wildman–Crippen LogP) is 3.18. The molecule has 134 valence electrons. The lowest BCUT2D eigenvalue weighted by Crippen LogP contribution is -2.45. The molecule has 25 heavy (non-hydrogen) atoms. The first-order valence-electron chi connectivity index (χ1n) is 8.24. The Labute approximate surface area is 162 Å². The number of halogens is 2. The van der Waals surface area contributed by atoms with E-state index in [-0.39, 0.29) is 12.4 Å². The molecule has 4 rings (SSSR count). The summed E-state index contributed by atoms with van der Waals surface area (Å²) in [7, 11) is 0. The van der Waals surface area contributed by atoms with Gasteiger partial charge >= 0.3 is 0 Å². The molecule has 1 aromatic heterocycles. The fourth-order valence-corrected chi connectivity index (χ4v) is 3.93. The highest BCUT2D eigenvalue weighted by Gasteiger charge is 2.25. The van der Waals surface area contributed by atoms with E-state index in [1.807, 2.05) is 18.5 Å². The molecule has 1 aromatic carbocycles. The molecule has 2 aliphatic heterocycles. The highest BCUT2D eigenvalue weighted by Crippen LogP contribution is 2.39. The van der Waals surface area contributed by atoms with E-state index in [1.54, 1.807) is 0 Å². The van der Waals surface area contributed by atoms with Gasteiger partial charge in [0.05, 0.1) is 4.47 Å². The Hall–Kier alpha value is -1.34. The van der Waals surface area contributed by atoms with Crippen LogP contribution in [-0.4, -0.2) is 42.7 Å². The van der Waals surface area contributed by atoms with Crippen LogP contribution in [0.15, 0.2) is 41.1 Å². The largest absolute Gasteiger partial charge is 0.486 e. The molecule has 0 spiro atoms. The van der Waals surface area contributed by atoms with Crippen molar-refractivity contribution in [3.63, 3.8) is 0 Å². The molecule has 0 aliphatic carbocycles. The van der Waals surface area contributed by atoms with Crippen LogP contribution in [0.3, 0.4) is 0 Å². The van der Waals surface area contributed by atoms with Crippen molar-refractivity contribution in [1.82, 2.24) is 15.2 Å². The number of hydrogen-bond acceptors (Lipinski definition) is 5. The van der Waals surface area contributed by atoms with Crippen LogP contribution in [0.25, 0.3) is 0 Å². The first-order valence-corrected chi connectivity index (χ1v) is 9.03. The Morgan fingerprint density at radius 3 is 3.00 bits per heavy atom. The molecular weight excluding hydrogens is 406 g/mol. The average molecular weight is 427 g/mol. The van der Waals surface area contributed by atoms with Crippen molar-refractivity contribution in [1.29, 1.82) is 0 Å². The molecular formula is C18H21BrClN3O2. The molecule has 7 heteroatoms. The molecule has 1 N–H and O–H groups in total. The van der Waals surface area contributed by atoms with Crippen molar-refractivity contribution in [2.45, 2.75) is 12.6 Å². The molecule has 0 amide bonds. The molecule has 1 fully saturated rings. The van der Waals surface area contributed by atoms with E-state index in [9.17, 15) is 0 Å². The summed E-state index contributed by atoms with van der Waals surface area (Å²) in [5, 5.41) is 3.49. The fraction of sp³-hybridized carbons (Fsp3) is 0.389. The Bertz CT molecular complexity index is 717. The van der Waals surface area contributed by atoms with E-state index in [4.69, 9.17) is 9.47 Å². The Morgan fingerprint density at radius 2 is 2.16 bits per heavy atom. The summed E-state index contributed by atoms with van der Waals surface area (Å²) >= 11 is 3.61. The highest BCUT2D eigenvalue weighted by molar-refractivity contribution is 9.10. The van der Waals surface area contributed by atoms with Crippen molar-refractivity contribution in [3.8, 4) is 11.5 Å². The van der Waals surface area contributed by atoms with Crippen LogP contribution in [0.5, 0.6) is 11.5 Å². The quantitative estimate of drug-likeness (QED) is 0.817. The van der Waals surface area contributed by atoms with Crippen molar-refractivity contribution in [2.24, 2.45) is 0 Å². The van der Waals surface area contributed by atoms with E-state index in [1.165, 1.54) is 11.1 Å². The minimum Gasteiger partial charge on any atom is -0.486 e. The number of pyridine rings is 1. The maximum atomic E-state index is 5.75. The number of hydrogen-bond donors (Lipinski definition) is 1. The van der Waals surface area contributed by atoms with Gasteiger partial charge in [0.15, 0.2) is 11.5 Å². The number of nitrogens with zero attached hydrogens (tertiary/aromatic N) is 2. The van der Waals surface area contributed by atoms with E-state index in [2.05, 4.69) is 49.3 Å². The van der Waals surface area contributed by atoms with Crippen LogP contribution in [0.4, 0.5) is 0 Å². The third-order valence-corrected chi connectivity index (χ3v) is 5.05. The van der Waals surface area contributed by atoms with Crippen molar-refractivity contribution >= 4 is 28.3 Å². The van der Waals surface area contributed by atoms with Crippen molar-refractivity contribution < 1.29 is 9.47 Å². The maximum absolute atomic E-state index is 5.75. The number of aromatic nitrogens is 1. The molecule has 3 heterocycles. The third-order valence-electron chi connectivity index (χ3n) is 4.47. The number of rotatable bonds is 3. The van der Waals surface area contributed by atoms with Gasteiger partial charge in [-0.2, -0.15) is 0 Å². The van der Waals surface area contributed by atoms with Crippen LogP contribution in [0.1, 0.15) is 17.2 Å². The second-order valence-corrected chi connectivity index (χ2v) is 6.93. The van der Waals surface area contributed by atoms with Gasteiger partial charge in [0.1, 0.15) is 13.2 Å². The number of benzene rings is 1. The van der Waals surface area contributed by atoms with E-state index in [0.29, 0.717) is 19.3 Å². The molecule has 0 bridgehead atoms. The second kappa shape index (κ2) is 8.36. The summed E-state index contributed by atoms with van der Waals surface area (Å²) in [6.45, 7) is 5.03. The van der Waals surface area contributed by atoms with E-state index < -0.39 is 0 Å². The van der Waals surface area contributed by atoms with Crippen LogP contribution in [-0.2, 0) is 6.54 Å². The zero-order valence-electron chi connectivity index (χ0n) is 13.8. The van der Waals surface area contributed by atoms with Crippen molar-refractivity contribution in [2.75, 3.05) is 32.8 Å². The third kappa shape index (κ3) is 4.08. The summed E-state index contributed by atoms with van der Waals surface area (Å²) in [6.07, 6.45) is 3.78. The predicted molar refractivity (Wildman–Crippen MR) is 103 cm³/mol. The van der Waals surface area contributed by atoms with Crippen LogP contribution >= 0.6 is 28.3 Å². The molecule has 0 radical (unpaired) electrons. The molecule has 5 nitrogen and oxygen atoms in total. The summed E-state index contributed by atoms with van der Waals surface area (Å²) in [6, 6.07) is 8.72. The van der Waals surface area contributed by atoms with Gasteiger partial charge in [0, 0.05) is 44.6 Å². The van der Waals surface area contributed by atoms with Crippen LogP contribution in [0.2, 0.25) is 0 Å². The second-order valence-electron chi connectivity index (χ2n) is 6.08. The normalized spacial score (nSPS) is 20.0. The van der Waals surface area contributed by atoms with E-state index in [0.717, 1.165) is 42.2 Å². The minimum atomic E-state index is 0. The van der Waals surface area contributed by atoms with E-state index >= 15 is 0 Å². The zero-order chi connectivity index (χ0) is 16.4. The molecule has 2 aromatic rings. The average Bonchev–Trinajstić information content (AvgIpc) is 2.63. The number of nitrogens with one attached hydrogen (secondary N) is 1. The van der Waals surface area contributed by atoms with Gasteiger partial charge in [0.25, 0.3) is 0 Å². The van der Waals surface area contributed by atoms with Gasteiger partial charge in [-0.25, -0.2) is 0 Å². The van der Waals surface area contributed by atoms with Gasteiger partial charge in [-0.05, 0) is 45.3 Å². The maximum Gasteiger partial charge on any atom is 0.175 e. The number of piperazine rings is 1. The fourth-order valence-electron chi connectivity index (χ4n) is 3.33. The highest BCUT2D eigenvalue weighted by atomic mass is 79.9. The lowest BCUT2D eigenvalue weighted by Gasteiger charge is -2.36. The Morgan fingerprint density at radius 1 is 1.28 bits per heavy atom. The van der Waals surface area contributed by atoms with Gasteiger partial charge in [0.2, 0.25) is 0 Å². The topological polar surface area (TPSA) is 46.6 Å². The molecule has 2 aliphatic rings. The van der Waals surface area contributed by atoms with Gasteiger partial charge in [-0.1, -0.05) is 6.07 Å².